The van der Waals surface area contributed by atoms with E-state index in [2.05, 4.69) is 25.7 Å². The van der Waals surface area contributed by atoms with Gasteiger partial charge in [0.15, 0.2) is 0 Å². The highest BCUT2D eigenvalue weighted by molar-refractivity contribution is 4.64. The molecule has 0 saturated carbocycles. The van der Waals surface area contributed by atoms with Crippen LogP contribution in [-0.4, -0.2) is 19.6 Å². The van der Waals surface area contributed by atoms with Crippen LogP contribution >= 0.6 is 0 Å². The lowest BCUT2D eigenvalue weighted by atomic mass is 10.2. The van der Waals surface area contributed by atoms with Crippen molar-refractivity contribution in [2.24, 2.45) is 0 Å². The molecule has 0 unspecified atom stereocenters. The van der Waals surface area contributed by atoms with Crippen molar-refractivity contribution in [3.05, 3.63) is 0 Å². The van der Waals surface area contributed by atoms with Gasteiger partial charge in [0, 0.05) is 19.3 Å². The number of hydrogen-bond donors (Lipinski definition) is 0. The molecule has 0 aliphatic carbocycles. The maximum absolute atomic E-state index is 2.70. The SMILES string of the molecule is CCCCC[N+](CCCCC)CCCCC. The van der Waals surface area contributed by atoms with Gasteiger partial charge in [-0.3, -0.25) is 0 Å². The second-order valence-corrected chi connectivity index (χ2v) is 4.96. The molecule has 0 aromatic rings. The first-order valence-electron chi connectivity index (χ1n) is 7.57. The Kier molecular flexibility index (Phi) is 13.0. The number of nitrogens with zero attached hydrogens (tertiary/aromatic N) is 1. The Labute approximate surface area is 104 Å². The summed E-state index contributed by atoms with van der Waals surface area (Å²) < 4.78 is 0. The van der Waals surface area contributed by atoms with E-state index in [-0.39, 0.29) is 0 Å². The van der Waals surface area contributed by atoms with Crippen molar-refractivity contribution in [3.63, 3.8) is 0 Å². The van der Waals surface area contributed by atoms with E-state index in [0.29, 0.717) is 0 Å². The molecule has 1 nitrogen and oxygen atoms in total. The molecule has 0 fully saturated rings. The Bertz CT molecular complexity index is 98.8. The van der Waals surface area contributed by atoms with Crippen LogP contribution in [0.25, 0.3) is 0 Å². The quantitative estimate of drug-likeness (QED) is 0.337. The summed E-state index contributed by atoms with van der Waals surface area (Å²) in [5.74, 6) is 0. The summed E-state index contributed by atoms with van der Waals surface area (Å²) in [7, 11) is 0. The largest absolute Gasteiger partial charge is 0.170 e. The summed E-state index contributed by atoms with van der Waals surface area (Å²) in [5, 5.41) is 0. The predicted octanol–water partition coefficient (Wildman–Crippen LogP) is 4.70. The molecule has 0 heterocycles. The van der Waals surface area contributed by atoms with E-state index in [1.165, 1.54) is 77.4 Å². The smallest absolute Gasteiger partial charge is 0.122 e. The molecule has 0 rings (SSSR count). The Balaban J connectivity index is 3.58. The van der Waals surface area contributed by atoms with Crippen molar-refractivity contribution in [2.45, 2.75) is 78.6 Å². The Morgan fingerprint density at radius 1 is 0.500 bits per heavy atom. The first-order valence-corrected chi connectivity index (χ1v) is 7.57. The van der Waals surface area contributed by atoms with Crippen LogP contribution in [0.1, 0.15) is 78.6 Å². The maximum Gasteiger partial charge on any atom is 0.122 e. The fourth-order valence-corrected chi connectivity index (χ4v) is 2.09. The highest BCUT2D eigenvalue weighted by Crippen LogP contribution is 2.03. The van der Waals surface area contributed by atoms with E-state index in [0.717, 1.165) is 0 Å². The third-order valence-corrected chi connectivity index (χ3v) is 3.23. The van der Waals surface area contributed by atoms with Gasteiger partial charge in [0.2, 0.25) is 0 Å². The highest BCUT2D eigenvalue weighted by atomic mass is 15.1. The second-order valence-electron chi connectivity index (χ2n) is 4.96. The summed E-state index contributed by atoms with van der Waals surface area (Å²) >= 11 is 0. The van der Waals surface area contributed by atoms with Crippen molar-refractivity contribution in [2.75, 3.05) is 19.6 Å². The number of hydrogen-bond acceptors (Lipinski definition) is 1. The Morgan fingerprint density at radius 3 is 1.06 bits per heavy atom. The van der Waals surface area contributed by atoms with Gasteiger partial charge in [-0.2, -0.15) is 4.90 Å². The van der Waals surface area contributed by atoms with Crippen molar-refractivity contribution in [3.8, 4) is 0 Å². The Hall–Kier alpha value is -0.0400. The molecule has 0 aliphatic rings. The molecule has 0 bridgehead atoms. The molecule has 0 spiro atoms. The minimum atomic E-state index is 1.33. The predicted molar refractivity (Wildman–Crippen MR) is 75.3 cm³/mol. The summed E-state index contributed by atoms with van der Waals surface area (Å²) in [5.41, 5.74) is 0. The second kappa shape index (κ2) is 13.0. The average Bonchev–Trinajstić information content (AvgIpc) is 2.29. The van der Waals surface area contributed by atoms with Crippen LogP contribution in [0.5, 0.6) is 0 Å². The van der Waals surface area contributed by atoms with Crippen LogP contribution in [0.4, 0.5) is 0 Å². The lowest BCUT2D eigenvalue weighted by molar-refractivity contribution is 0.374. The summed E-state index contributed by atoms with van der Waals surface area (Å²) in [4.78, 5) is 2.70. The molecule has 0 atom stereocenters. The van der Waals surface area contributed by atoms with Crippen molar-refractivity contribution >= 4 is 0 Å². The Morgan fingerprint density at radius 2 is 0.812 bits per heavy atom. The molecular formula is C15H33N+. The van der Waals surface area contributed by atoms with E-state index in [4.69, 9.17) is 0 Å². The van der Waals surface area contributed by atoms with Crippen LogP contribution in [0.15, 0.2) is 0 Å². The molecule has 0 aromatic heterocycles. The molecule has 0 amide bonds. The van der Waals surface area contributed by atoms with E-state index < -0.39 is 0 Å². The third-order valence-electron chi connectivity index (χ3n) is 3.23. The van der Waals surface area contributed by atoms with E-state index >= 15 is 0 Å². The fourth-order valence-electron chi connectivity index (χ4n) is 2.09. The van der Waals surface area contributed by atoms with Crippen LogP contribution in [-0.2, 0) is 0 Å². The van der Waals surface area contributed by atoms with Crippen molar-refractivity contribution in [1.29, 1.82) is 0 Å². The minimum absolute atomic E-state index is 1.33. The molecule has 1 radical (unpaired) electrons. The number of rotatable bonds is 12. The molecular weight excluding hydrogens is 194 g/mol. The zero-order valence-electron chi connectivity index (χ0n) is 11.9. The molecule has 0 aliphatic heterocycles. The lowest BCUT2D eigenvalue weighted by Crippen LogP contribution is -2.33. The summed E-state index contributed by atoms with van der Waals surface area (Å²) in [6.45, 7) is 10.9. The van der Waals surface area contributed by atoms with E-state index in [1.54, 1.807) is 0 Å². The lowest BCUT2D eigenvalue weighted by Gasteiger charge is -2.12. The minimum Gasteiger partial charge on any atom is -0.170 e. The zero-order valence-corrected chi connectivity index (χ0v) is 11.9. The maximum atomic E-state index is 2.70. The van der Waals surface area contributed by atoms with Crippen molar-refractivity contribution < 1.29 is 0 Å². The molecule has 97 valence electrons. The van der Waals surface area contributed by atoms with Gasteiger partial charge >= 0.3 is 0 Å². The summed E-state index contributed by atoms with van der Waals surface area (Å²) in [6.07, 6.45) is 12.4. The van der Waals surface area contributed by atoms with Gasteiger partial charge in [0.1, 0.15) is 19.6 Å². The molecule has 0 aromatic carbocycles. The van der Waals surface area contributed by atoms with Crippen molar-refractivity contribution in [1.82, 2.24) is 4.90 Å². The fraction of sp³-hybridized carbons (Fsp3) is 1.00. The number of unbranched alkanes of at least 4 members (excludes halogenated alkanes) is 6. The topological polar surface area (TPSA) is 5.90 Å². The van der Waals surface area contributed by atoms with E-state index in [1.807, 2.05) is 0 Å². The molecule has 0 N–H and O–H groups in total. The molecule has 16 heavy (non-hydrogen) atoms. The van der Waals surface area contributed by atoms with Gasteiger partial charge in [-0.25, -0.2) is 0 Å². The first kappa shape index (κ1) is 16.0. The average molecular weight is 227 g/mol. The van der Waals surface area contributed by atoms with Gasteiger partial charge in [0.25, 0.3) is 0 Å². The van der Waals surface area contributed by atoms with Crippen LogP contribution in [0.3, 0.4) is 0 Å². The van der Waals surface area contributed by atoms with Gasteiger partial charge in [0.05, 0.1) is 0 Å². The highest BCUT2D eigenvalue weighted by Gasteiger charge is 2.12. The van der Waals surface area contributed by atoms with Gasteiger partial charge in [-0.1, -0.05) is 40.0 Å². The van der Waals surface area contributed by atoms with E-state index in [9.17, 15) is 0 Å². The standard InChI is InChI=1S/C15H33N/c1-4-7-10-13-16(14-11-8-5-2)15-12-9-6-3/h4-15H2,1-3H3/q+1. The summed E-state index contributed by atoms with van der Waals surface area (Å²) in [6, 6.07) is 0. The van der Waals surface area contributed by atoms with Crippen LogP contribution in [0, 0.1) is 0 Å². The molecule has 1 heteroatoms. The van der Waals surface area contributed by atoms with Gasteiger partial charge in [-0.15, -0.1) is 0 Å². The normalized spacial score (nSPS) is 11.2. The zero-order chi connectivity index (χ0) is 12.1. The van der Waals surface area contributed by atoms with Gasteiger partial charge in [-0.05, 0) is 19.3 Å². The van der Waals surface area contributed by atoms with Crippen LogP contribution in [0.2, 0.25) is 0 Å². The first-order chi connectivity index (χ1) is 7.85. The molecule has 0 saturated heterocycles. The third kappa shape index (κ3) is 10.5. The van der Waals surface area contributed by atoms with Crippen LogP contribution < -0.4 is 4.90 Å². The van der Waals surface area contributed by atoms with Gasteiger partial charge < -0.3 is 0 Å². The monoisotopic (exact) mass is 227 g/mol.